The molecule has 0 unspecified atom stereocenters. The second kappa shape index (κ2) is 5.95. The van der Waals surface area contributed by atoms with E-state index >= 15 is 0 Å². The highest BCUT2D eigenvalue weighted by Crippen LogP contribution is 2.51. The summed E-state index contributed by atoms with van der Waals surface area (Å²) in [6.07, 6.45) is -3.40. The van der Waals surface area contributed by atoms with Gasteiger partial charge in [0.15, 0.2) is 0 Å². The molecule has 136 valence electrons. The molecule has 0 radical (unpaired) electrons. The first-order valence-corrected chi connectivity index (χ1v) is 7.51. The zero-order valence-electron chi connectivity index (χ0n) is 13.4. The standard InChI is InChI=1S/C18H12F5NO2/c1-17(20,21)13-2-3-14(12-7-18(22,23)16(25)15(12)13)26-11-5-9(8-24)4-10(19)6-11/h2-6,16,25H,7H2,1H3/t16-/m0/s1. The number of fused-ring (bicyclic) bond motifs is 1. The number of ether oxygens (including phenoxy) is 1. The van der Waals surface area contributed by atoms with Crippen LogP contribution < -0.4 is 4.74 Å². The van der Waals surface area contributed by atoms with E-state index in [1.54, 1.807) is 6.07 Å². The lowest BCUT2D eigenvalue weighted by Crippen LogP contribution is -2.23. The van der Waals surface area contributed by atoms with Gasteiger partial charge in [-0.2, -0.15) is 5.26 Å². The van der Waals surface area contributed by atoms with Crippen molar-refractivity contribution in [1.29, 1.82) is 5.26 Å². The summed E-state index contributed by atoms with van der Waals surface area (Å²) in [5, 5.41) is 18.7. The van der Waals surface area contributed by atoms with Gasteiger partial charge in [-0.25, -0.2) is 22.0 Å². The topological polar surface area (TPSA) is 53.2 Å². The first-order valence-electron chi connectivity index (χ1n) is 7.51. The molecule has 0 heterocycles. The number of nitrogens with zero attached hydrogens (tertiary/aromatic N) is 1. The van der Waals surface area contributed by atoms with Gasteiger partial charge >= 0.3 is 0 Å². The Morgan fingerprint density at radius 3 is 2.58 bits per heavy atom. The van der Waals surface area contributed by atoms with E-state index in [0.29, 0.717) is 6.92 Å². The van der Waals surface area contributed by atoms with Crippen LogP contribution in [0.5, 0.6) is 11.5 Å². The molecule has 0 saturated heterocycles. The van der Waals surface area contributed by atoms with Crippen LogP contribution >= 0.6 is 0 Å². The fourth-order valence-corrected chi connectivity index (χ4v) is 2.97. The van der Waals surface area contributed by atoms with Gasteiger partial charge in [0.05, 0.1) is 11.6 Å². The van der Waals surface area contributed by atoms with Crippen LogP contribution in [0.25, 0.3) is 0 Å². The third-order valence-corrected chi connectivity index (χ3v) is 4.10. The molecule has 2 aromatic rings. The largest absolute Gasteiger partial charge is 0.457 e. The van der Waals surface area contributed by atoms with E-state index in [2.05, 4.69) is 0 Å². The van der Waals surface area contributed by atoms with Gasteiger partial charge in [-0.05, 0) is 24.3 Å². The molecule has 1 N–H and O–H groups in total. The molecule has 0 aromatic heterocycles. The van der Waals surface area contributed by atoms with Crippen molar-refractivity contribution in [3.63, 3.8) is 0 Å². The second-order valence-corrected chi connectivity index (χ2v) is 6.12. The van der Waals surface area contributed by atoms with Crippen LogP contribution in [0.3, 0.4) is 0 Å². The number of nitriles is 1. The Kier molecular flexibility index (Phi) is 4.15. The lowest BCUT2D eigenvalue weighted by Gasteiger charge is -2.20. The maximum absolute atomic E-state index is 13.9. The summed E-state index contributed by atoms with van der Waals surface area (Å²) in [4.78, 5) is 0. The van der Waals surface area contributed by atoms with Gasteiger partial charge in [0.25, 0.3) is 11.8 Å². The minimum Gasteiger partial charge on any atom is -0.457 e. The molecular formula is C18H12F5NO2. The fourth-order valence-electron chi connectivity index (χ4n) is 2.97. The Balaban J connectivity index is 2.12. The van der Waals surface area contributed by atoms with E-state index < -0.39 is 41.3 Å². The zero-order valence-corrected chi connectivity index (χ0v) is 13.4. The number of aliphatic hydroxyl groups is 1. The summed E-state index contributed by atoms with van der Waals surface area (Å²) in [5.74, 6) is -8.22. The Morgan fingerprint density at radius 2 is 1.96 bits per heavy atom. The minimum atomic E-state index is -3.64. The third-order valence-electron chi connectivity index (χ3n) is 4.10. The summed E-state index contributed by atoms with van der Waals surface area (Å²) in [5.41, 5.74) is -1.64. The average Bonchev–Trinajstić information content (AvgIpc) is 2.77. The molecule has 3 rings (SSSR count). The lowest BCUT2D eigenvalue weighted by molar-refractivity contribution is -0.0985. The monoisotopic (exact) mass is 369 g/mol. The van der Waals surface area contributed by atoms with E-state index in [1.165, 1.54) is 6.07 Å². The van der Waals surface area contributed by atoms with E-state index in [-0.39, 0.29) is 22.6 Å². The van der Waals surface area contributed by atoms with Crippen LogP contribution in [0, 0.1) is 17.1 Å². The SMILES string of the molecule is CC(F)(F)c1ccc(Oc2cc(F)cc(C#N)c2)c2c1[C@H](O)C(F)(F)C2. The van der Waals surface area contributed by atoms with Gasteiger partial charge in [0.1, 0.15) is 23.4 Å². The molecule has 0 aliphatic heterocycles. The van der Waals surface area contributed by atoms with Crippen molar-refractivity contribution in [3.8, 4) is 17.6 Å². The number of alkyl halides is 4. The molecule has 2 aromatic carbocycles. The van der Waals surface area contributed by atoms with Gasteiger partial charge in [-0.3, -0.25) is 0 Å². The van der Waals surface area contributed by atoms with Crippen molar-refractivity contribution >= 4 is 0 Å². The van der Waals surface area contributed by atoms with Gasteiger partial charge < -0.3 is 9.84 Å². The number of hydrogen-bond donors (Lipinski definition) is 1. The van der Waals surface area contributed by atoms with Crippen LogP contribution in [0.4, 0.5) is 22.0 Å². The highest BCUT2D eigenvalue weighted by molar-refractivity contribution is 5.54. The normalized spacial score (nSPS) is 18.3. The Labute approximate surface area is 145 Å². The van der Waals surface area contributed by atoms with Crippen LogP contribution in [-0.4, -0.2) is 11.0 Å². The van der Waals surface area contributed by atoms with Crippen molar-refractivity contribution in [2.75, 3.05) is 0 Å². The van der Waals surface area contributed by atoms with Gasteiger partial charge in [0, 0.05) is 36.1 Å². The predicted octanol–water partition coefficient (Wildman–Crippen LogP) is 4.83. The van der Waals surface area contributed by atoms with Gasteiger partial charge in [-0.1, -0.05) is 0 Å². The molecule has 8 heteroatoms. The fraction of sp³-hybridized carbons (Fsp3) is 0.278. The molecule has 26 heavy (non-hydrogen) atoms. The van der Waals surface area contributed by atoms with Crippen LogP contribution in [0.15, 0.2) is 30.3 Å². The molecule has 1 aliphatic carbocycles. The molecule has 1 atom stereocenters. The molecule has 1 aliphatic rings. The number of aliphatic hydroxyl groups excluding tert-OH is 1. The average molecular weight is 369 g/mol. The number of hydrogen-bond acceptors (Lipinski definition) is 3. The summed E-state index contributed by atoms with van der Waals surface area (Å²) < 4.78 is 74.3. The highest BCUT2D eigenvalue weighted by Gasteiger charge is 2.51. The lowest BCUT2D eigenvalue weighted by atomic mass is 9.97. The summed E-state index contributed by atoms with van der Waals surface area (Å²) in [6.45, 7) is 0.540. The number of benzene rings is 2. The molecule has 3 nitrogen and oxygen atoms in total. The second-order valence-electron chi connectivity index (χ2n) is 6.12. The van der Waals surface area contributed by atoms with Crippen molar-refractivity contribution in [2.45, 2.75) is 31.3 Å². The molecule has 0 fully saturated rings. The van der Waals surface area contributed by atoms with Gasteiger partial charge in [-0.15, -0.1) is 0 Å². The number of halogens is 5. The summed E-state index contributed by atoms with van der Waals surface area (Å²) in [6, 6.07) is 6.74. The van der Waals surface area contributed by atoms with Crippen molar-refractivity contribution in [3.05, 3.63) is 58.4 Å². The summed E-state index contributed by atoms with van der Waals surface area (Å²) >= 11 is 0. The highest BCUT2D eigenvalue weighted by atomic mass is 19.3. The van der Waals surface area contributed by atoms with E-state index in [0.717, 1.165) is 24.3 Å². The van der Waals surface area contributed by atoms with Gasteiger partial charge in [0.2, 0.25) is 0 Å². The first kappa shape index (κ1) is 18.1. The zero-order chi connectivity index (χ0) is 19.3. The molecular weight excluding hydrogens is 357 g/mol. The molecule has 0 amide bonds. The van der Waals surface area contributed by atoms with Crippen LogP contribution in [0.2, 0.25) is 0 Å². The first-order chi connectivity index (χ1) is 12.0. The minimum absolute atomic E-state index is 0.0567. The van der Waals surface area contributed by atoms with E-state index in [1.807, 2.05) is 0 Å². The maximum Gasteiger partial charge on any atom is 0.281 e. The van der Waals surface area contributed by atoms with Crippen molar-refractivity contribution in [2.24, 2.45) is 0 Å². The van der Waals surface area contributed by atoms with E-state index in [4.69, 9.17) is 10.00 Å². The smallest absolute Gasteiger partial charge is 0.281 e. The molecule has 0 saturated carbocycles. The molecule has 0 bridgehead atoms. The van der Waals surface area contributed by atoms with Crippen LogP contribution in [0.1, 0.15) is 35.3 Å². The van der Waals surface area contributed by atoms with E-state index in [9.17, 15) is 27.1 Å². The van der Waals surface area contributed by atoms with Crippen LogP contribution in [-0.2, 0) is 12.3 Å². The maximum atomic E-state index is 13.9. The quantitative estimate of drug-likeness (QED) is 0.789. The van der Waals surface area contributed by atoms with Crippen molar-refractivity contribution < 1.29 is 31.8 Å². The molecule has 0 spiro atoms. The predicted molar refractivity (Wildman–Crippen MR) is 80.8 cm³/mol. The number of rotatable bonds is 3. The third kappa shape index (κ3) is 3.10. The summed E-state index contributed by atoms with van der Waals surface area (Å²) in [7, 11) is 0. The Morgan fingerprint density at radius 1 is 1.27 bits per heavy atom. The Hall–Kier alpha value is -2.66. The Bertz CT molecular complexity index is 915. The van der Waals surface area contributed by atoms with Crippen molar-refractivity contribution in [1.82, 2.24) is 0 Å².